The fraction of sp³-hybridized carbons (Fsp3) is 0.412. The van der Waals surface area contributed by atoms with Gasteiger partial charge in [-0.25, -0.2) is 9.18 Å². The van der Waals surface area contributed by atoms with E-state index in [9.17, 15) is 14.0 Å². The van der Waals surface area contributed by atoms with Crippen LogP contribution in [0.3, 0.4) is 0 Å². The quantitative estimate of drug-likeness (QED) is 0.672. The first kappa shape index (κ1) is 16.2. The summed E-state index contributed by atoms with van der Waals surface area (Å²) in [6, 6.07) is 6.28. The van der Waals surface area contributed by atoms with Gasteiger partial charge in [-0.05, 0) is 31.9 Å². The number of carbonyl (C=O) groups excluding carboxylic acids is 2. The molecule has 1 aliphatic carbocycles. The van der Waals surface area contributed by atoms with Crippen molar-refractivity contribution in [2.24, 2.45) is 0 Å². The van der Waals surface area contributed by atoms with Crippen molar-refractivity contribution in [2.75, 3.05) is 0 Å². The lowest BCUT2D eigenvalue weighted by Crippen LogP contribution is -2.40. The molecule has 0 aliphatic heterocycles. The van der Waals surface area contributed by atoms with Crippen molar-refractivity contribution in [3.05, 3.63) is 41.7 Å². The maximum atomic E-state index is 13.4. The van der Waals surface area contributed by atoms with Gasteiger partial charge in [-0.15, -0.1) is 0 Å². The molecule has 1 atom stereocenters. The van der Waals surface area contributed by atoms with E-state index in [1.54, 1.807) is 18.2 Å². The van der Waals surface area contributed by atoms with Crippen molar-refractivity contribution < 1.29 is 18.7 Å². The van der Waals surface area contributed by atoms with Crippen LogP contribution < -0.4 is 5.32 Å². The molecule has 1 aliphatic rings. The van der Waals surface area contributed by atoms with Crippen LogP contribution in [-0.4, -0.2) is 24.0 Å². The zero-order valence-corrected chi connectivity index (χ0v) is 12.5. The summed E-state index contributed by atoms with van der Waals surface area (Å²) in [6.07, 6.45) is 5.77. The lowest BCUT2D eigenvalue weighted by molar-refractivity contribution is -0.150. The molecule has 1 fully saturated rings. The van der Waals surface area contributed by atoms with Crippen LogP contribution in [0.5, 0.6) is 0 Å². The van der Waals surface area contributed by atoms with Crippen molar-refractivity contribution in [1.29, 1.82) is 0 Å². The molecule has 1 saturated carbocycles. The fourth-order valence-electron chi connectivity index (χ4n) is 2.42. The molecule has 2 rings (SSSR count). The second-order valence-electron chi connectivity index (χ2n) is 5.42. The Morgan fingerprint density at radius 2 is 2.00 bits per heavy atom. The van der Waals surface area contributed by atoms with E-state index < -0.39 is 17.9 Å². The Hall–Kier alpha value is -2.17. The number of esters is 1. The third-order valence-electron chi connectivity index (χ3n) is 3.67. The largest absolute Gasteiger partial charge is 0.449 e. The van der Waals surface area contributed by atoms with Crippen LogP contribution in [0.15, 0.2) is 30.3 Å². The van der Waals surface area contributed by atoms with Gasteiger partial charge >= 0.3 is 5.97 Å². The molecule has 0 radical (unpaired) electrons. The minimum Gasteiger partial charge on any atom is -0.449 e. The van der Waals surface area contributed by atoms with Crippen LogP contribution in [-0.2, 0) is 14.3 Å². The average molecular weight is 305 g/mol. The van der Waals surface area contributed by atoms with E-state index in [0.29, 0.717) is 5.56 Å². The lowest BCUT2D eigenvalue weighted by atomic mass is 10.2. The second-order valence-corrected chi connectivity index (χ2v) is 5.42. The number of halogens is 1. The highest BCUT2D eigenvalue weighted by molar-refractivity contribution is 5.90. The van der Waals surface area contributed by atoms with Gasteiger partial charge < -0.3 is 10.1 Å². The van der Waals surface area contributed by atoms with Crippen molar-refractivity contribution in [3.8, 4) is 0 Å². The summed E-state index contributed by atoms with van der Waals surface area (Å²) in [4.78, 5) is 23.6. The fourth-order valence-corrected chi connectivity index (χ4v) is 2.42. The van der Waals surface area contributed by atoms with Crippen molar-refractivity contribution in [2.45, 2.75) is 44.8 Å². The molecular weight excluding hydrogens is 285 g/mol. The molecule has 1 N–H and O–H groups in total. The Morgan fingerprint density at radius 3 is 2.68 bits per heavy atom. The van der Waals surface area contributed by atoms with Crippen LogP contribution in [0.4, 0.5) is 4.39 Å². The van der Waals surface area contributed by atoms with Gasteiger partial charge in [0.25, 0.3) is 5.91 Å². The minimum absolute atomic E-state index is 0.183. The highest BCUT2D eigenvalue weighted by Crippen LogP contribution is 2.17. The number of amides is 1. The topological polar surface area (TPSA) is 55.4 Å². The highest BCUT2D eigenvalue weighted by Gasteiger charge is 2.22. The van der Waals surface area contributed by atoms with E-state index in [0.717, 1.165) is 31.8 Å². The van der Waals surface area contributed by atoms with Crippen molar-refractivity contribution in [1.82, 2.24) is 5.32 Å². The first-order valence-corrected chi connectivity index (χ1v) is 7.50. The van der Waals surface area contributed by atoms with Crippen LogP contribution in [0.2, 0.25) is 0 Å². The number of ether oxygens (including phenoxy) is 1. The SMILES string of the molecule is C[C@@H](OC(=O)/C=C/c1ccccc1F)C(=O)NC1CCCC1. The monoisotopic (exact) mass is 305 g/mol. The van der Waals surface area contributed by atoms with E-state index >= 15 is 0 Å². The minimum atomic E-state index is -0.863. The molecule has 118 valence electrons. The van der Waals surface area contributed by atoms with Gasteiger partial charge in [0.2, 0.25) is 0 Å². The Balaban J connectivity index is 1.83. The van der Waals surface area contributed by atoms with E-state index in [-0.39, 0.29) is 11.9 Å². The molecule has 0 aromatic heterocycles. The number of rotatable bonds is 5. The van der Waals surface area contributed by atoms with E-state index in [1.807, 2.05) is 0 Å². The Kier molecular flexibility index (Phi) is 5.69. The van der Waals surface area contributed by atoms with Gasteiger partial charge in [0.1, 0.15) is 5.82 Å². The standard InChI is InChI=1S/C17H20FNO3/c1-12(17(21)19-14-7-3-4-8-14)22-16(20)11-10-13-6-2-5-9-15(13)18/h2,5-6,9-12,14H,3-4,7-8H2,1H3,(H,19,21)/b11-10+/t12-/m1/s1. The molecule has 0 heterocycles. The number of hydrogen-bond acceptors (Lipinski definition) is 3. The van der Waals surface area contributed by atoms with Crippen LogP contribution >= 0.6 is 0 Å². The summed E-state index contributed by atoms with van der Waals surface area (Å²) in [5, 5.41) is 2.87. The summed E-state index contributed by atoms with van der Waals surface area (Å²) in [5.74, 6) is -1.38. The molecule has 0 spiro atoms. The van der Waals surface area contributed by atoms with Gasteiger partial charge in [0, 0.05) is 17.7 Å². The average Bonchev–Trinajstić information content (AvgIpc) is 2.99. The maximum absolute atomic E-state index is 13.4. The Morgan fingerprint density at radius 1 is 1.32 bits per heavy atom. The number of hydrogen-bond donors (Lipinski definition) is 1. The molecule has 4 nitrogen and oxygen atoms in total. The summed E-state index contributed by atoms with van der Waals surface area (Å²) in [5.41, 5.74) is 0.294. The molecule has 0 unspecified atom stereocenters. The lowest BCUT2D eigenvalue weighted by Gasteiger charge is -2.16. The molecule has 0 bridgehead atoms. The van der Waals surface area contributed by atoms with E-state index in [4.69, 9.17) is 4.74 Å². The second kappa shape index (κ2) is 7.73. The summed E-state index contributed by atoms with van der Waals surface area (Å²) < 4.78 is 18.4. The third kappa shape index (κ3) is 4.69. The maximum Gasteiger partial charge on any atom is 0.331 e. The van der Waals surface area contributed by atoms with Crippen LogP contribution in [0.25, 0.3) is 6.08 Å². The summed E-state index contributed by atoms with van der Waals surface area (Å²) in [6.45, 7) is 1.53. The van der Waals surface area contributed by atoms with Crippen LogP contribution in [0, 0.1) is 5.82 Å². The zero-order valence-electron chi connectivity index (χ0n) is 12.5. The number of nitrogens with one attached hydrogen (secondary N) is 1. The predicted octanol–water partition coefficient (Wildman–Crippen LogP) is 2.83. The van der Waals surface area contributed by atoms with Gasteiger partial charge in [-0.1, -0.05) is 31.0 Å². The van der Waals surface area contributed by atoms with Crippen LogP contribution in [0.1, 0.15) is 38.2 Å². The third-order valence-corrected chi connectivity index (χ3v) is 3.67. The Labute approximate surface area is 129 Å². The molecule has 22 heavy (non-hydrogen) atoms. The molecule has 1 aromatic carbocycles. The molecular formula is C17H20FNO3. The first-order chi connectivity index (χ1) is 10.6. The molecule has 0 saturated heterocycles. The van der Waals surface area contributed by atoms with E-state index in [1.165, 1.54) is 19.1 Å². The smallest absolute Gasteiger partial charge is 0.331 e. The Bertz CT molecular complexity index is 565. The van der Waals surface area contributed by atoms with Gasteiger partial charge in [-0.2, -0.15) is 0 Å². The molecule has 1 aromatic rings. The predicted molar refractivity (Wildman–Crippen MR) is 81.4 cm³/mol. The molecule has 5 heteroatoms. The van der Waals surface area contributed by atoms with Gasteiger partial charge in [0.15, 0.2) is 6.10 Å². The van der Waals surface area contributed by atoms with E-state index in [2.05, 4.69) is 5.32 Å². The first-order valence-electron chi connectivity index (χ1n) is 7.50. The summed E-state index contributed by atoms with van der Waals surface area (Å²) in [7, 11) is 0. The summed E-state index contributed by atoms with van der Waals surface area (Å²) >= 11 is 0. The van der Waals surface area contributed by atoms with Gasteiger partial charge in [0.05, 0.1) is 0 Å². The molecule has 1 amide bonds. The zero-order chi connectivity index (χ0) is 15.9. The van der Waals surface area contributed by atoms with Crippen molar-refractivity contribution in [3.63, 3.8) is 0 Å². The van der Waals surface area contributed by atoms with Crippen molar-refractivity contribution >= 4 is 18.0 Å². The number of carbonyl (C=O) groups is 2. The number of benzene rings is 1. The highest BCUT2D eigenvalue weighted by atomic mass is 19.1. The normalized spacial score (nSPS) is 16.6. The van der Waals surface area contributed by atoms with Gasteiger partial charge in [-0.3, -0.25) is 4.79 Å².